The molecule has 7 nitrogen and oxygen atoms in total. The molecule has 0 spiro atoms. The summed E-state index contributed by atoms with van der Waals surface area (Å²) in [7, 11) is 1.82. The molecule has 1 saturated heterocycles. The van der Waals surface area contributed by atoms with Crippen molar-refractivity contribution in [3.05, 3.63) is 47.3 Å². The molecule has 0 atom stereocenters. The fourth-order valence-corrected chi connectivity index (χ4v) is 3.30. The first kappa shape index (κ1) is 19.4. The van der Waals surface area contributed by atoms with Gasteiger partial charge in [-0.1, -0.05) is 12.1 Å². The van der Waals surface area contributed by atoms with Gasteiger partial charge in [-0.3, -0.25) is 4.90 Å². The van der Waals surface area contributed by atoms with Crippen molar-refractivity contribution in [1.29, 1.82) is 0 Å². The van der Waals surface area contributed by atoms with Crippen LogP contribution in [0.3, 0.4) is 0 Å². The third kappa shape index (κ3) is 5.30. The van der Waals surface area contributed by atoms with Crippen LogP contribution in [0.15, 0.2) is 30.3 Å². The maximum atomic E-state index is 12.4. The number of rotatable bonds is 6. The molecule has 2 amide bonds. The second-order valence-electron chi connectivity index (χ2n) is 7.05. The number of ether oxygens (including phenoxy) is 1. The number of aromatic nitrogens is 2. The van der Waals surface area contributed by atoms with Gasteiger partial charge in [0.2, 0.25) is 0 Å². The quantitative estimate of drug-likeness (QED) is 0.843. The fraction of sp³-hybridized carbons (Fsp3) is 0.500. The van der Waals surface area contributed by atoms with E-state index >= 15 is 0 Å². The minimum atomic E-state index is -0.0558. The van der Waals surface area contributed by atoms with Gasteiger partial charge in [-0.25, -0.2) is 9.48 Å². The highest BCUT2D eigenvalue weighted by Crippen LogP contribution is 2.15. The van der Waals surface area contributed by atoms with Gasteiger partial charge in [0.25, 0.3) is 0 Å². The van der Waals surface area contributed by atoms with E-state index in [1.807, 2.05) is 43.8 Å². The summed E-state index contributed by atoms with van der Waals surface area (Å²) in [4.78, 5) is 16.4. The van der Waals surface area contributed by atoms with E-state index in [1.54, 1.807) is 4.90 Å². The second-order valence-corrected chi connectivity index (χ2v) is 7.05. The molecule has 27 heavy (non-hydrogen) atoms. The first-order valence-corrected chi connectivity index (χ1v) is 9.44. The average molecular weight is 371 g/mol. The van der Waals surface area contributed by atoms with Gasteiger partial charge in [-0.2, -0.15) is 5.10 Å². The highest BCUT2D eigenvalue weighted by Gasteiger charge is 2.13. The first-order chi connectivity index (χ1) is 13.0. The molecule has 0 radical (unpaired) electrons. The summed E-state index contributed by atoms with van der Waals surface area (Å²) < 4.78 is 7.27. The Bertz CT molecular complexity index is 767. The summed E-state index contributed by atoms with van der Waals surface area (Å²) >= 11 is 0. The maximum Gasteiger partial charge on any atom is 0.317 e. The number of nitrogens with one attached hydrogen (secondary N) is 1. The van der Waals surface area contributed by atoms with Gasteiger partial charge in [0, 0.05) is 45.5 Å². The monoisotopic (exact) mass is 371 g/mol. The molecule has 0 aliphatic carbocycles. The number of benzene rings is 1. The molecule has 0 saturated carbocycles. The second kappa shape index (κ2) is 9.01. The molecule has 1 aromatic carbocycles. The SMILES string of the molecule is Cc1cc(C)n(-c2cccc(CN(C)C(=O)NCCN3CCOCC3)c2)n1. The van der Waals surface area contributed by atoms with Crippen molar-refractivity contribution in [2.24, 2.45) is 0 Å². The summed E-state index contributed by atoms with van der Waals surface area (Å²) in [6.45, 7) is 9.51. The fourth-order valence-electron chi connectivity index (χ4n) is 3.30. The van der Waals surface area contributed by atoms with Gasteiger partial charge in [0.1, 0.15) is 0 Å². The molecular weight excluding hydrogens is 342 g/mol. The largest absolute Gasteiger partial charge is 0.379 e. The Morgan fingerprint density at radius 2 is 2.04 bits per heavy atom. The number of carbonyl (C=O) groups is 1. The van der Waals surface area contributed by atoms with Crippen LogP contribution in [0.1, 0.15) is 17.0 Å². The smallest absolute Gasteiger partial charge is 0.317 e. The van der Waals surface area contributed by atoms with E-state index in [2.05, 4.69) is 27.4 Å². The van der Waals surface area contributed by atoms with Crippen molar-refractivity contribution >= 4 is 6.03 Å². The molecular formula is C20H29N5O2. The van der Waals surface area contributed by atoms with Crippen molar-refractivity contribution in [2.45, 2.75) is 20.4 Å². The lowest BCUT2D eigenvalue weighted by atomic mass is 10.2. The zero-order valence-corrected chi connectivity index (χ0v) is 16.4. The van der Waals surface area contributed by atoms with E-state index in [9.17, 15) is 4.79 Å². The number of amides is 2. The van der Waals surface area contributed by atoms with Crippen LogP contribution in [0.2, 0.25) is 0 Å². The molecule has 2 aromatic rings. The minimum Gasteiger partial charge on any atom is -0.379 e. The van der Waals surface area contributed by atoms with E-state index < -0.39 is 0 Å². The Balaban J connectivity index is 1.52. The van der Waals surface area contributed by atoms with Crippen LogP contribution < -0.4 is 5.32 Å². The van der Waals surface area contributed by atoms with Gasteiger partial charge in [-0.05, 0) is 37.6 Å². The molecule has 0 bridgehead atoms. The molecule has 2 heterocycles. The van der Waals surface area contributed by atoms with Gasteiger partial charge in [0.05, 0.1) is 24.6 Å². The van der Waals surface area contributed by atoms with E-state index in [1.165, 1.54) is 0 Å². The Hall–Kier alpha value is -2.38. The third-order valence-corrected chi connectivity index (χ3v) is 4.74. The Kier molecular flexibility index (Phi) is 6.47. The molecule has 0 unspecified atom stereocenters. The molecule has 1 aliphatic heterocycles. The van der Waals surface area contributed by atoms with E-state index in [-0.39, 0.29) is 6.03 Å². The van der Waals surface area contributed by atoms with E-state index in [4.69, 9.17) is 4.74 Å². The lowest BCUT2D eigenvalue weighted by Gasteiger charge is -2.27. The number of hydrogen-bond donors (Lipinski definition) is 1. The van der Waals surface area contributed by atoms with Crippen LogP contribution in [0.5, 0.6) is 0 Å². The zero-order chi connectivity index (χ0) is 19.2. The molecule has 1 N–H and O–H groups in total. The highest BCUT2D eigenvalue weighted by atomic mass is 16.5. The van der Waals surface area contributed by atoms with Crippen LogP contribution in [0.25, 0.3) is 5.69 Å². The summed E-state index contributed by atoms with van der Waals surface area (Å²) in [6.07, 6.45) is 0. The number of urea groups is 1. The van der Waals surface area contributed by atoms with Gasteiger partial charge in [-0.15, -0.1) is 0 Å². The summed E-state index contributed by atoms with van der Waals surface area (Å²) in [6, 6.07) is 10.2. The summed E-state index contributed by atoms with van der Waals surface area (Å²) in [5.74, 6) is 0. The van der Waals surface area contributed by atoms with Crippen LogP contribution >= 0.6 is 0 Å². The molecule has 1 aliphatic rings. The third-order valence-electron chi connectivity index (χ3n) is 4.74. The Morgan fingerprint density at radius 1 is 1.26 bits per heavy atom. The van der Waals surface area contributed by atoms with Crippen LogP contribution in [-0.4, -0.2) is 72.1 Å². The lowest BCUT2D eigenvalue weighted by Crippen LogP contribution is -2.44. The van der Waals surface area contributed by atoms with E-state index in [0.29, 0.717) is 13.1 Å². The molecule has 146 valence electrons. The maximum absolute atomic E-state index is 12.4. The predicted molar refractivity (Wildman–Crippen MR) is 105 cm³/mol. The molecule has 1 fully saturated rings. The summed E-state index contributed by atoms with van der Waals surface area (Å²) in [5, 5.41) is 7.53. The predicted octanol–water partition coefficient (Wildman–Crippen LogP) is 1.96. The van der Waals surface area contributed by atoms with Crippen molar-refractivity contribution in [2.75, 3.05) is 46.4 Å². The van der Waals surface area contributed by atoms with Crippen LogP contribution in [-0.2, 0) is 11.3 Å². The molecule has 7 heteroatoms. The number of nitrogens with zero attached hydrogens (tertiary/aromatic N) is 4. The number of aryl methyl sites for hydroxylation is 2. The topological polar surface area (TPSA) is 62.6 Å². The van der Waals surface area contributed by atoms with Gasteiger partial charge < -0.3 is 15.0 Å². The Morgan fingerprint density at radius 3 is 2.74 bits per heavy atom. The van der Waals surface area contributed by atoms with E-state index in [0.717, 1.165) is 55.5 Å². The zero-order valence-electron chi connectivity index (χ0n) is 16.4. The van der Waals surface area contributed by atoms with Gasteiger partial charge >= 0.3 is 6.03 Å². The molecule has 3 rings (SSSR count). The standard InChI is InChI=1S/C20H29N5O2/c1-16-13-17(2)25(22-16)19-6-4-5-18(14-19)15-23(3)20(26)21-7-8-24-9-11-27-12-10-24/h4-6,13-14H,7-12,15H2,1-3H3,(H,21,26). The van der Waals surface area contributed by atoms with Crippen molar-refractivity contribution in [1.82, 2.24) is 24.9 Å². The number of hydrogen-bond acceptors (Lipinski definition) is 4. The lowest BCUT2D eigenvalue weighted by molar-refractivity contribution is 0.0386. The normalized spacial score (nSPS) is 14.9. The van der Waals surface area contributed by atoms with Crippen molar-refractivity contribution in [3.8, 4) is 5.69 Å². The first-order valence-electron chi connectivity index (χ1n) is 9.44. The highest BCUT2D eigenvalue weighted by molar-refractivity contribution is 5.73. The van der Waals surface area contributed by atoms with Crippen LogP contribution in [0, 0.1) is 13.8 Å². The number of carbonyl (C=O) groups excluding carboxylic acids is 1. The van der Waals surface area contributed by atoms with Crippen LogP contribution in [0.4, 0.5) is 4.79 Å². The summed E-state index contributed by atoms with van der Waals surface area (Å²) in [5.41, 5.74) is 4.18. The van der Waals surface area contributed by atoms with Crippen molar-refractivity contribution in [3.63, 3.8) is 0 Å². The van der Waals surface area contributed by atoms with Gasteiger partial charge in [0.15, 0.2) is 0 Å². The van der Waals surface area contributed by atoms with Crippen molar-refractivity contribution < 1.29 is 9.53 Å². The average Bonchev–Trinajstić information content (AvgIpc) is 3.01. The number of morpholine rings is 1. The molecule has 1 aromatic heterocycles. The Labute approximate surface area is 160 Å². The minimum absolute atomic E-state index is 0.0558.